The lowest BCUT2D eigenvalue weighted by atomic mass is 10.2. The molecule has 0 radical (unpaired) electrons. The number of hydrogen-bond acceptors (Lipinski definition) is 3. The minimum atomic E-state index is -0.280. The topological polar surface area (TPSA) is 72.1 Å². The normalized spacial score (nSPS) is 12.2. The van der Waals surface area contributed by atoms with Gasteiger partial charge in [-0.3, -0.25) is 4.68 Å². The number of amides is 2. The quantitative estimate of drug-likeness (QED) is 0.889. The number of nitrogens with one attached hydrogen (secondary N) is 2. The lowest BCUT2D eigenvalue weighted by Gasteiger charge is -2.11. The molecule has 1 unspecified atom stereocenters. The summed E-state index contributed by atoms with van der Waals surface area (Å²) in [6, 6.07) is 3.26. The molecule has 0 saturated carbocycles. The van der Waals surface area contributed by atoms with Crippen LogP contribution in [0.25, 0.3) is 0 Å². The van der Waals surface area contributed by atoms with Crippen LogP contribution in [0.1, 0.15) is 31.4 Å². The van der Waals surface area contributed by atoms with Crippen molar-refractivity contribution in [2.24, 2.45) is 0 Å². The molecule has 0 aromatic carbocycles. The number of carbonyl (C=O) groups is 1. The highest BCUT2D eigenvalue weighted by Crippen LogP contribution is 2.15. The van der Waals surface area contributed by atoms with E-state index in [1.807, 2.05) is 32.9 Å². The van der Waals surface area contributed by atoms with Gasteiger partial charge in [0.25, 0.3) is 0 Å². The van der Waals surface area contributed by atoms with Gasteiger partial charge >= 0.3 is 6.03 Å². The van der Waals surface area contributed by atoms with Crippen LogP contribution in [-0.2, 0) is 6.54 Å². The SMILES string of the molecule is CCn1cc(NC(=O)NC(C)c2ccc(C)o2)cn1. The van der Waals surface area contributed by atoms with Gasteiger partial charge in [-0.1, -0.05) is 0 Å². The molecular formula is C13H18N4O2. The van der Waals surface area contributed by atoms with Crippen LogP contribution < -0.4 is 10.6 Å². The van der Waals surface area contributed by atoms with E-state index in [9.17, 15) is 4.79 Å². The van der Waals surface area contributed by atoms with Crippen molar-refractivity contribution in [3.8, 4) is 0 Å². The highest BCUT2D eigenvalue weighted by molar-refractivity contribution is 5.89. The Morgan fingerprint density at radius 1 is 1.53 bits per heavy atom. The molecule has 1 atom stereocenters. The van der Waals surface area contributed by atoms with Crippen LogP contribution in [0.5, 0.6) is 0 Å². The van der Waals surface area contributed by atoms with E-state index in [1.54, 1.807) is 17.1 Å². The third-order valence-electron chi connectivity index (χ3n) is 2.75. The Hall–Kier alpha value is -2.24. The van der Waals surface area contributed by atoms with E-state index in [2.05, 4.69) is 15.7 Å². The van der Waals surface area contributed by atoms with Crippen molar-refractivity contribution in [1.82, 2.24) is 15.1 Å². The number of urea groups is 1. The molecule has 2 aromatic heterocycles. The maximum Gasteiger partial charge on any atom is 0.319 e. The Morgan fingerprint density at radius 3 is 2.89 bits per heavy atom. The summed E-state index contributed by atoms with van der Waals surface area (Å²) in [6.07, 6.45) is 3.39. The smallest absolute Gasteiger partial charge is 0.319 e. The van der Waals surface area contributed by atoms with E-state index < -0.39 is 0 Å². The number of anilines is 1. The van der Waals surface area contributed by atoms with Crippen LogP contribution in [0.3, 0.4) is 0 Å². The number of carbonyl (C=O) groups excluding carboxylic acids is 1. The van der Waals surface area contributed by atoms with Gasteiger partial charge in [0.15, 0.2) is 0 Å². The first-order valence-electron chi connectivity index (χ1n) is 6.24. The largest absolute Gasteiger partial charge is 0.464 e. The van der Waals surface area contributed by atoms with Gasteiger partial charge in [-0.25, -0.2) is 4.79 Å². The highest BCUT2D eigenvalue weighted by Gasteiger charge is 2.13. The van der Waals surface area contributed by atoms with Crippen LogP contribution in [0.2, 0.25) is 0 Å². The Labute approximate surface area is 111 Å². The molecule has 2 amide bonds. The maximum atomic E-state index is 11.8. The summed E-state index contributed by atoms with van der Waals surface area (Å²) in [7, 11) is 0. The second kappa shape index (κ2) is 5.60. The molecule has 0 saturated heterocycles. The van der Waals surface area contributed by atoms with Crippen LogP contribution >= 0.6 is 0 Å². The van der Waals surface area contributed by atoms with Crippen LogP contribution in [0.4, 0.5) is 10.5 Å². The highest BCUT2D eigenvalue weighted by atomic mass is 16.3. The first-order chi connectivity index (χ1) is 9.08. The Morgan fingerprint density at radius 2 is 2.32 bits per heavy atom. The van der Waals surface area contributed by atoms with E-state index in [0.29, 0.717) is 5.69 Å². The molecule has 0 fully saturated rings. The Balaban J connectivity index is 1.90. The number of aryl methyl sites for hydroxylation is 2. The zero-order chi connectivity index (χ0) is 13.8. The summed E-state index contributed by atoms with van der Waals surface area (Å²) in [5, 5.41) is 9.62. The van der Waals surface area contributed by atoms with Gasteiger partial charge in [-0.15, -0.1) is 0 Å². The third-order valence-corrected chi connectivity index (χ3v) is 2.75. The number of nitrogens with zero attached hydrogens (tertiary/aromatic N) is 2. The first kappa shape index (κ1) is 13.2. The fraction of sp³-hybridized carbons (Fsp3) is 0.385. The first-order valence-corrected chi connectivity index (χ1v) is 6.24. The van der Waals surface area contributed by atoms with Crippen molar-refractivity contribution in [2.45, 2.75) is 33.4 Å². The lowest BCUT2D eigenvalue weighted by Crippen LogP contribution is -2.30. The predicted octanol–water partition coefficient (Wildman–Crippen LogP) is 2.69. The minimum absolute atomic E-state index is 0.185. The van der Waals surface area contributed by atoms with Crippen molar-refractivity contribution >= 4 is 11.7 Å². The van der Waals surface area contributed by atoms with Gasteiger partial charge in [0, 0.05) is 12.7 Å². The average Bonchev–Trinajstić information content (AvgIpc) is 2.97. The van der Waals surface area contributed by atoms with Gasteiger partial charge in [0.1, 0.15) is 11.5 Å². The Kier molecular flexibility index (Phi) is 3.89. The second-order valence-corrected chi connectivity index (χ2v) is 4.35. The van der Waals surface area contributed by atoms with Crippen LogP contribution in [0, 0.1) is 6.92 Å². The third kappa shape index (κ3) is 3.37. The number of furan rings is 1. The van der Waals surface area contributed by atoms with Gasteiger partial charge in [-0.05, 0) is 32.9 Å². The summed E-state index contributed by atoms with van der Waals surface area (Å²) in [6.45, 7) is 6.49. The molecule has 6 heteroatoms. The van der Waals surface area contributed by atoms with Crippen molar-refractivity contribution in [3.05, 3.63) is 36.0 Å². The summed E-state index contributed by atoms with van der Waals surface area (Å²) in [5.74, 6) is 1.56. The fourth-order valence-electron chi connectivity index (χ4n) is 1.72. The molecule has 2 rings (SSSR count). The standard InChI is InChI=1S/C13H18N4O2/c1-4-17-8-11(7-14-17)16-13(18)15-10(3)12-6-5-9(2)19-12/h5-8,10H,4H2,1-3H3,(H2,15,16,18). The molecule has 2 N–H and O–H groups in total. The number of rotatable bonds is 4. The van der Waals surface area contributed by atoms with Gasteiger partial charge in [0.05, 0.1) is 17.9 Å². The van der Waals surface area contributed by atoms with E-state index in [1.165, 1.54) is 0 Å². The molecule has 102 valence electrons. The summed E-state index contributed by atoms with van der Waals surface area (Å²) >= 11 is 0. The molecular weight excluding hydrogens is 244 g/mol. The molecule has 19 heavy (non-hydrogen) atoms. The molecule has 6 nitrogen and oxygen atoms in total. The zero-order valence-electron chi connectivity index (χ0n) is 11.3. The summed E-state index contributed by atoms with van der Waals surface area (Å²) in [5.41, 5.74) is 0.669. The van der Waals surface area contributed by atoms with Crippen molar-refractivity contribution in [1.29, 1.82) is 0 Å². The van der Waals surface area contributed by atoms with E-state index >= 15 is 0 Å². The van der Waals surface area contributed by atoms with Gasteiger partial charge < -0.3 is 15.1 Å². The summed E-state index contributed by atoms with van der Waals surface area (Å²) in [4.78, 5) is 11.8. The second-order valence-electron chi connectivity index (χ2n) is 4.35. The number of aromatic nitrogens is 2. The van der Waals surface area contributed by atoms with Crippen molar-refractivity contribution in [3.63, 3.8) is 0 Å². The van der Waals surface area contributed by atoms with E-state index in [4.69, 9.17) is 4.42 Å². The molecule has 0 bridgehead atoms. The van der Waals surface area contributed by atoms with Crippen LogP contribution in [-0.4, -0.2) is 15.8 Å². The molecule has 0 aliphatic heterocycles. The molecule has 0 aliphatic rings. The van der Waals surface area contributed by atoms with E-state index in [-0.39, 0.29) is 12.1 Å². The fourth-order valence-corrected chi connectivity index (χ4v) is 1.72. The van der Waals surface area contributed by atoms with Gasteiger partial charge in [-0.2, -0.15) is 5.10 Å². The predicted molar refractivity (Wildman–Crippen MR) is 71.9 cm³/mol. The van der Waals surface area contributed by atoms with Gasteiger partial charge in [0.2, 0.25) is 0 Å². The van der Waals surface area contributed by atoms with Crippen LogP contribution in [0.15, 0.2) is 28.9 Å². The molecule has 2 heterocycles. The minimum Gasteiger partial charge on any atom is -0.464 e. The molecule has 0 aliphatic carbocycles. The van der Waals surface area contributed by atoms with E-state index in [0.717, 1.165) is 18.1 Å². The Bertz CT molecular complexity index is 558. The molecule has 0 spiro atoms. The number of hydrogen-bond donors (Lipinski definition) is 2. The lowest BCUT2D eigenvalue weighted by molar-refractivity contribution is 0.247. The monoisotopic (exact) mass is 262 g/mol. The van der Waals surface area contributed by atoms with Crippen molar-refractivity contribution < 1.29 is 9.21 Å². The summed E-state index contributed by atoms with van der Waals surface area (Å²) < 4.78 is 7.20. The zero-order valence-corrected chi connectivity index (χ0v) is 11.3. The van der Waals surface area contributed by atoms with Crippen molar-refractivity contribution in [2.75, 3.05) is 5.32 Å². The average molecular weight is 262 g/mol. The molecule has 2 aromatic rings. The maximum absolute atomic E-state index is 11.8.